The van der Waals surface area contributed by atoms with Crippen LogP contribution in [0.1, 0.15) is 24.9 Å². The Kier molecular flexibility index (Phi) is 3.19. The number of hydrogen-bond donors (Lipinski definition) is 0. The molecule has 0 aromatic heterocycles. The van der Waals surface area contributed by atoms with Gasteiger partial charge >= 0.3 is 0 Å². The minimum Gasteiger partial charge on any atom is -0.334 e. The van der Waals surface area contributed by atoms with Crippen molar-refractivity contribution in [1.82, 2.24) is 4.90 Å². The summed E-state index contributed by atoms with van der Waals surface area (Å²) in [6.45, 7) is 2.72. The highest BCUT2D eigenvalue weighted by molar-refractivity contribution is 6.22. The van der Waals surface area contributed by atoms with Gasteiger partial charge in [0.2, 0.25) is 5.91 Å². The number of carbonyl (C=O) groups is 1. The van der Waals surface area contributed by atoms with E-state index >= 15 is 0 Å². The van der Waals surface area contributed by atoms with Crippen molar-refractivity contribution in [3.63, 3.8) is 0 Å². The van der Waals surface area contributed by atoms with E-state index in [0.717, 1.165) is 0 Å². The standard InChI is InChI=1S/C16H16ClNO/c1-11(18-10-13(17)9-16(18)19)14-8-4-6-12-5-2-3-7-15(12)14/h2-8,11,13H,9-10H2,1H3/t11-,13?/m0/s1. The van der Waals surface area contributed by atoms with E-state index in [9.17, 15) is 4.79 Å². The minimum atomic E-state index is -0.0510. The summed E-state index contributed by atoms with van der Waals surface area (Å²) in [4.78, 5) is 13.9. The van der Waals surface area contributed by atoms with Gasteiger partial charge in [0.25, 0.3) is 0 Å². The Labute approximate surface area is 118 Å². The van der Waals surface area contributed by atoms with E-state index in [-0.39, 0.29) is 17.3 Å². The molecule has 0 aliphatic carbocycles. The third-order valence-electron chi connectivity index (χ3n) is 3.85. The second kappa shape index (κ2) is 4.86. The lowest BCUT2D eigenvalue weighted by molar-refractivity contribution is -0.129. The molecule has 3 heteroatoms. The number of likely N-dealkylation sites (tertiary alicyclic amines) is 1. The van der Waals surface area contributed by atoms with Crippen molar-refractivity contribution in [3.05, 3.63) is 48.0 Å². The highest BCUT2D eigenvalue weighted by Gasteiger charge is 2.32. The molecule has 2 atom stereocenters. The zero-order valence-electron chi connectivity index (χ0n) is 10.8. The predicted octanol–water partition coefficient (Wildman–Crippen LogP) is 3.74. The molecule has 2 aromatic rings. The smallest absolute Gasteiger partial charge is 0.224 e. The van der Waals surface area contributed by atoms with E-state index in [1.165, 1.54) is 16.3 Å². The summed E-state index contributed by atoms with van der Waals surface area (Å²) in [5, 5.41) is 2.37. The van der Waals surface area contributed by atoms with Gasteiger partial charge in [0, 0.05) is 13.0 Å². The van der Waals surface area contributed by atoms with Crippen LogP contribution in [-0.4, -0.2) is 22.7 Å². The number of halogens is 1. The lowest BCUT2D eigenvalue weighted by Crippen LogP contribution is -2.28. The molecule has 1 amide bonds. The second-order valence-corrected chi connectivity index (χ2v) is 5.71. The van der Waals surface area contributed by atoms with Gasteiger partial charge in [-0.2, -0.15) is 0 Å². The molecule has 2 nitrogen and oxygen atoms in total. The molecule has 1 aliphatic heterocycles. The highest BCUT2D eigenvalue weighted by atomic mass is 35.5. The normalized spacial score (nSPS) is 21.1. The van der Waals surface area contributed by atoms with E-state index in [4.69, 9.17) is 11.6 Å². The molecule has 0 spiro atoms. The molecule has 98 valence electrons. The number of alkyl halides is 1. The molecule has 1 heterocycles. The first-order valence-electron chi connectivity index (χ1n) is 6.58. The molecular weight excluding hydrogens is 258 g/mol. The number of nitrogens with zero attached hydrogens (tertiary/aromatic N) is 1. The largest absolute Gasteiger partial charge is 0.334 e. The molecule has 1 aliphatic rings. The molecule has 1 fully saturated rings. The maximum absolute atomic E-state index is 12.0. The Morgan fingerprint density at radius 2 is 1.95 bits per heavy atom. The van der Waals surface area contributed by atoms with Gasteiger partial charge in [-0.15, -0.1) is 11.6 Å². The SMILES string of the molecule is C[C@@H](c1cccc2ccccc12)N1CC(Cl)CC1=O. The number of rotatable bonds is 2. The molecule has 1 saturated heterocycles. The van der Waals surface area contributed by atoms with Crippen LogP contribution in [0.15, 0.2) is 42.5 Å². The number of carbonyl (C=O) groups excluding carboxylic acids is 1. The molecular formula is C16H16ClNO. The van der Waals surface area contributed by atoms with Crippen molar-refractivity contribution < 1.29 is 4.79 Å². The van der Waals surface area contributed by atoms with E-state index in [0.29, 0.717) is 13.0 Å². The Morgan fingerprint density at radius 3 is 2.68 bits per heavy atom. The number of benzene rings is 2. The first kappa shape index (κ1) is 12.5. The summed E-state index contributed by atoms with van der Waals surface area (Å²) >= 11 is 6.09. The van der Waals surface area contributed by atoms with Crippen LogP contribution in [0.5, 0.6) is 0 Å². The minimum absolute atomic E-state index is 0.0510. The molecule has 0 N–H and O–H groups in total. The molecule has 0 bridgehead atoms. The fourth-order valence-corrected chi connectivity index (χ4v) is 3.12. The van der Waals surface area contributed by atoms with Gasteiger partial charge in [0.1, 0.15) is 0 Å². The van der Waals surface area contributed by atoms with Crippen molar-refractivity contribution in [2.45, 2.75) is 24.8 Å². The van der Waals surface area contributed by atoms with Crippen LogP contribution >= 0.6 is 11.6 Å². The summed E-state index contributed by atoms with van der Waals surface area (Å²) in [5.74, 6) is 0.153. The average Bonchev–Trinajstić information content (AvgIpc) is 2.76. The Hall–Kier alpha value is -1.54. The van der Waals surface area contributed by atoms with E-state index in [1.54, 1.807) is 0 Å². The maximum Gasteiger partial charge on any atom is 0.224 e. The molecule has 1 unspecified atom stereocenters. The third kappa shape index (κ3) is 2.21. The van der Waals surface area contributed by atoms with Crippen molar-refractivity contribution in [2.24, 2.45) is 0 Å². The molecule has 0 saturated carbocycles. The summed E-state index contributed by atoms with van der Waals surface area (Å²) in [6.07, 6.45) is 0.455. The average molecular weight is 274 g/mol. The summed E-state index contributed by atoms with van der Waals surface area (Å²) in [5.41, 5.74) is 1.19. The second-order valence-electron chi connectivity index (χ2n) is 5.09. The van der Waals surface area contributed by atoms with Gasteiger partial charge < -0.3 is 4.90 Å². The van der Waals surface area contributed by atoms with Gasteiger partial charge in [-0.3, -0.25) is 4.79 Å². The first-order valence-corrected chi connectivity index (χ1v) is 7.01. The third-order valence-corrected chi connectivity index (χ3v) is 4.14. The van der Waals surface area contributed by atoms with Gasteiger partial charge in [-0.05, 0) is 23.3 Å². The Balaban J connectivity index is 2.02. The van der Waals surface area contributed by atoms with Crippen LogP contribution in [-0.2, 0) is 4.79 Å². The quantitative estimate of drug-likeness (QED) is 0.764. The van der Waals surface area contributed by atoms with Crippen LogP contribution in [0.2, 0.25) is 0 Å². The van der Waals surface area contributed by atoms with Crippen LogP contribution in [0, 0.1) is 0 Å². The monoisotopic (exact) mass is 273 g/mol. The van der Waals surface area contributed by atoms with Crippen molar-refractivity contribution in [2.75, 3.05) is 6.54 Å². The Bertz CT molecular complexity index is 620. The van der Waals surface area contributed by atoms with Crippen LogP contribution in [0.4, 0.5) is 0 Å². The van der Waals surface area contributed by atoms with Crippen molar-refractivity contribution >= 4 is 28.3 Å². The zero-order chi connectivity index (χ0) is 13.4. The van der Waals surface area contributed by atoms with Crippen molar-refractivity contribution in [1.29, 1.82) is 0 Å². The number of fused-ring (bicyclic) bond motifs is 1. The first-order chi connectivity index (χ1) is 9.16. The zero-order valence-corrected chi connectivity index (χ0v) is 11.6. The molecule has 2 aromatic carbocycles. The topological polar surface area (TPSA) is 20.3 Å². The van der Waals surface area contributed by atoms with Crippen LogP contribution in [0.3, 0.4) is 0 Å². The van der Waals surface area contributed by atoms with Gasteiger partial charge in [0.15, 0.2) is 0 Å². The van der Waals surface area contributed by atoms with Gasteiger partial charge in [0.05, 0.1) is 11.4 Å². The van der Waals surface area contributed by atoms with Crippen LogP contribution in [0.25, 0.3) is 10.8 Å². The summed E-state index contributed by atoms with van der Waals surface area (Å²) < 4.78 is 0. The Morgan fingerprint density at radius 1 is 1.21 bits per heavy atom. The lowest BCUT2D eigenvalue weighted by Gasteiger charge is -2.26. The van der Waals surface area contributed by atoms with Gasteiger partial charge in [-0.25, -0.2) is 0 Å². The van der Waals surface area contributed by atoms with E-state index in [1.807, 2.05) is 23.1 Å². The predicted molar refractivity (Wildman–Crippen MR) is 78.3 cm³/mol. The number of hydrogen-bond acceptors (Lipinski definition) is 1. The number of amides is 1. The highest BCUT2D eigenvalue weighted by Crippen LogP contribution is 2.31. The summed E-state index contributed by atoms with van der Waals surface area (Å²) in [7, 11) is 0. The lowest BCUT2D eigenvalue weighted by atomic mass is 9.99. The van der Waals surface area contributed by atoms with E-state index in [2.05, 4.69) is 31.2 Å². The molecule has 0 radical (unpaired) electrons. The maximum atomic E-state index is 12.0. The van der Waals surface area contributed by atoms with Gasteiger partial charge in [-0.1, -0.05) is 42.5 Å². The van der Waals surface area contributed by atoms with E-state index < -0.39 is 0 Å². The fraction of sp³-hybridized carbons (Fsp3) is 0.312. The molecule has 3 rings (SSSR count). The van der Waals surface area contributed by atoms with Crippen molar-refractivity contribution in [3.8, 4) is 0 Å². The van der Waals surface area contributed by atoms with Crippen LogP contribution < -0.4 is 0 Å². The molecule has 19 heavy (non-hydrogen) atoms. The fourth-order valence-electron chi connectivity index (χ4n) is 2.84. The summed E-state index contributed by atoms with van der Waals surface area (Å²) in [6, 6.07) is 14.6.